The maximum absolute atomic E-state index is 5.91. The van der Waals surface area contributed by atoms with Crippen LogP contribution in [0.5, 0.6) is 0 Å². The van der Waals surface area contributed by atoms with Crippen molar-refractivity contribution in [1.82, 2.24) is 14.5 Å². The zero-order chi connectivity index (χ0) is 12.4. The number of aromatic nitrogens is 3. The third-order valence-electron chi connectivity index (χ3n) is 3.11. The summed E-state index contributed by atoms with van der Waals surface area (Å²) >= 11 is 0. The van der Waals surface area contributed by atoms with Gasteiger partial charge in [-0.2, -0.15) is 0 Å². The van der Waals surface area contributed by atoms with Crippen molar-refractivity contribution in [2.75, 3.05) is 6.54 Å². The summed E-state index contributed by atoms with van der Waals surface area (Å²) in [6.45, 7) is 0.520. The highest BCUT2D eigenvalue weighted by molar-refractivity contribution is 5.75. The Balaban J connectivity index is 2.12. The second-order valence-corrected chi connectivity index (χ2v) is 4.18. The molecule has 3 rings (SSSR count). The fourth-order valence-corrected chi connectivity index (χ4v) is 2.21. The summed E-state index contributed by atoms with van der Waals surface area (Å²) in [5, 5.41) is 0. The van der Waals surface area contributed by atoms with E-state index in [2.05, 4.69) is 20.6 Å². The van der Waals surface area contributed by atoms with E-state index in [4.69, 9.17) is 5.73 Å². The molecule has 0 saturated carbocycles. The lowest BCUT2D eigenvalue weighted by atomic mass is 10.1. The molecule has 1 atom stereocenters. The molecule has 4 heteroatoms. The number of benzene rings is 1. The van der Waals surface area contributed by atoms with Crippen molar-refractivity contribution in [3.05, 3.63) is 60.7 Å². The average molecular weight is 238 g/mol. The lowest BCUT2D eigenvalue weighted by Gasteiger charge is -2.17. The quantitative estimate of drug-likeness (QED) is 0.759. The van der Waals surface area contributed by atoms with E-state index >= 15 is 0 Å². The predicted octanol–water partition coefficient (Wildman–Crippen LogP) is 1.98. The molecule has 90 valence electrons. The van der Waals surface area contributed by atoms with Crippen LogP contribution in [-0.2, 0) is 0 Å². The molecule has 0 saturated heterocycles. The number of nitrogens with two attached hydrogens (primary N) is 1. The highest BCUT2D eigenvalue weighted by Gasteiger charge is 2.14. The smallest absolute Gasteiger partial charge is 0.0964 e. The molecule has 0 amide bonds. The molecule has 2 aromatic heterocycles. The van der Waals surface area contributed by atoms with Crippen LogP contribution in [0.4, 0.5) is 0 Å². The molecule has 18 heavy (non-hydrogen) atoms. The van der Waals surface area contributed by atoms with Gasteiger partial charge in [0, 0.05) is 18.9 Å². The monoisotopic (exact) mass is 238 g/mol. The third-order valence-corrected chi connectivity index (χ3v) is 3.11. The number of nitrogens with zero attached hydrogens (tertiary/aromatic N) is 3. The van der Waals surface area contributed by atoms with E-state index in [1.165, 1.54) is 0 Å². The number of pyridine rings is 1. The van der Waals surface area contributed by atoms with Gasteiger partial charge in [-0.15, -0.1) is 0 Å². The average Bonchev–Trinajstić information content (AvgIpc) is 2.85. The fourth-order valence-electron chi connectivity index (χ4n) is 2.21. The molecule has 0 spiro atoms. The first-order valence-corrected chi connectivity index (χ1v) is 5.91. The van der Waals surface area contributed by atoms with Gasteiger partial charge in [-0.25, -0.2) is 4.98 Å². The zero-order valence-corrected chi connectivity index (χ0v) is 9.90. The molecule has 0 aliphatic heterocycles. The summed E-state index contributed by atoms with van der Waals surface area (Å²) in [5.41, 5.74) is 9.09. The molecule has 0 fully saturated rings. The molecule has 1 unspecified atom stereocenters. The Labute approximate surface area is 105 Å². The van der Waals surface area contributed by atoms with Gasteiger partial charge in [-0.05, 0) is 23.8 Å². The van der Waals surface area contributed by atoms with Gasteiger partial charge in [0.25, 0.3) is 0 Å². The lowest BCUT2D eigenvalue weighted by Crippen LogP contribution is -2.19. The molecule has 4 nitrogen and oxygen atoms in total. The number of imidazole rings is 1. The van der Waals surface area contributed by atoms with E-state index in [1.54, 1.807) is 6.20 Å². The predicted molar refractivity (Wildman–Crippen MR) is 71.2 cm³/mol. The second-order valence-electron chi connectivity index (χ2n) is 4.18. The Kier molecular flexibility index (Phi) is 2.78. The maximum Gasteiger partial charge on any atom is 0.0964 e. The maximum atomic E-state index is 5.91. The van der Waals surface area contributed by atoms with Crippen molar-refractivity contribution in [2.45, 2.75) is 6.04 Å². The van der Waals surface area contributed by atoms with Crippen LogP contribution in [0.2, 0.25) is 0 Å². The van der Waals surface area contributed by atoms with Gasteiger partial charge in [-0.1, -0.05) is 18.2 Å². The van der Waals surface area contributed by atoms with Crippen molar-refractivity contribution in [2.24, 2.45) is 5.73 Å². The van der Waals surface area contributed by atoms with E-state index in [1.807, 2.05) is 42.9 Å². The lowest BCUT2D eigenvalue weighted by molar-refractivity contribution is 0.608. The largest absolute Gasteiger partial charge is 0.328 e. The molecule has 2 heterocycles. The first kappa shape index (κ1) is 10.9. The number of rotatable bonds is 3. The van der Waals surface area contributed by atoms with Crippen molar-refractivity contribution in [3.8, 4) is 0 Å². The van der Waals surface area contributed by atoms with E-state index in [0.29, 0.717) is 6.54 Å². The van der Waals surface area contributed by atoms with Gasteiger partial charge in [0.15, 0.2) is 0 Å². The Morgan fingerprint density at radius 2 is 2.06 bits per heavy atom. The minimum absolute atomic E-state index is 0.0751. The topological polar surface area (TPSA) is 56.7 Å². The van der Waals surface area contributed by atoms with Crippen molar-refractivity contribution >= 4 is 11.0 Å². The van der Waals surface area contributed by atoms with Gasteiger partial charge in [0.05, 0.1) is 23.4 Å². The molecular formula is C14H14N4. The molecule has 0 bridgehead atoms. The molecule has 0 aliphatic rings. The zero-order valence-electron chi connectivity index (χ0n) is 9.90. The van der Waals surface area contributed by atoms with Gasteiger partial charge < -0.3 is 10.3 Å². The molecule has 0 aliphatic carbocycles. The third kappa shape index (κ3) is 1.76. The van der Waals surface area contributed by atoms with Crippen molar-refractivity contribution < 1.29 is 0 Å². The van der Waals surface area contributed by atoms with Crippen molar-refractivity contribution in [3.63, 3.8) is 0 Å². The highest BCUT2D eigenvalue weighted by Crippen LogP contribution is 2.22. The van der Waals surface area contributed by atoms with Crippen LogP contribution in [0.3, 0.4) is 0 Å². The molecule has 1 aromatic carbocycles. The standard InChI is InChI=1S/C14H14N4/c15-8-14(11-4-3-7-16-9-11)18-10-17-12-5-1-2-6-13(12)18/h1-7,9-10,14H,8,15H2. The van der Waals surface area contributed by atoms with Crippen LogP contribution in [0.15, 0.2) is 55.1 Å². The minimum Gasteiger partial charge on any atom is -0.328 e. The Morgan fingerprint density at radius 1 is 1.17 bits per heavy atom. The number of para-hydroxylation sites is 2. The summed E-state index contributed by atoms with van der Waals surface area (Å²) in [7, 11) is 0. The summed E-state index contributed by atoms with van der Waals surface area (Å²) in [4.78, 5) is 8.55. The van der Waals surface area contributed by atoms with E-state index < -0.39 is 0 Å². The van der Waals surface area contributed by atoms with E-state index in [0.717, 1.165) is 16.6 Å². The number of hydrogen-bond donors (Lipinski definition) is 1. The van der Waals surface area contributed by atoms with Crippen molar-refractivity contribution in [1.29, 1.82) is 0 Å². The highest BCUT2D eigenvalue weighted by atomic mass is 15.1. The second kappa shape index (κ2) is 4.58. The Morgan fingerprint density at radius 3 is 2.83 bits per heavy atom. The Bertz CT molecular complexity index is 645. The van der Waals surface area contributed by atoms with Crippen LogP contribution < -0.4 is 5.73 Å². The van der Waals surface area contributed by atoms with E-state index in [-0.39, 0.29) is 6.04 Å². The van der Waals surface area contributed by atoms with Crippen LogP contribution in [0.1, 0.15) is 11.6 Å². The molecule has 3 aromatic rings. The first-order chi connectivity index (χ1) is 8.90. The summed E-state index contributed by atoms with van der Waals surface area (Å²) < 4.78 is 2.10. The number of hydrogen-bond acceptors (Lipinski definition) is 3. The molecule has 0 radical (unpaired) electrons. The van der Waals surface area contributed by atoms with Gasteiger partial charge in [0.1, 0.15) is 0 Å². The van der Waals surface area contributed by atoms with Crippen LogP contribution in [-0.4, -0.2) is 21.1 Å². The summed E-state index contributed by atoms with van der Waals surface area (Å²) in [5.74, 6) is 0. The SMILES string of the molecule is NCC(c1cccnc1)n1cnc2ccccc21. The van der Waals surface area contributed by atoms with E-state index in [9.17, 15) is 0 Å². The normalized spacial score (nSPS) is 12.7. The van der Waals surface area contributed by atoms with Crippen LogP contribution in [0.25, 0.3) is 11.0 Å². The summed E-state index contributed by atoms with van der Waals surface area (Å²) in [6, 6.07) is 12.1. The number of fused-ring (bicyclic) bond motifs is 1. The van der Waals surface area contributed by atoms with Gasteiger partial charge in [-0.3, -0.25) is 4.98 Å². The fraction of sp³-hybridized carbons (Fsp3) is 0.143. The van der Waals surface area contributed by atoms with Crippen LogP contribution in [0, 0.1) is 0 Å². The first-order valence-electron chi connectivity index (χ1n) is 5.91. The minimum atomic E-state index is 0.0751. The van der Waals surface area contributed by atoms with Crippen LogP contribution >= 0.6 is 0 Å². The Hall–Kier alpha value is -2.20. The summed E-state index contributed by atoms with van der Waals surface area (Å²) in [6.07, 6.45) is 5.46. The van der Waals surface area contributed by atoms with Gasteiger partial charge >= 0.3 is 0 Å². The van der Waals surface area contributed by atoms with Gasteiger partial charge in [0.2, 0.25) is 0 Å². The molecular weight excluding hydrogens is 224 g/mol. The molecule has 2 N–H and O–H groups in total.